The lowest BCUT2D eigenvalue weighted by molar-refractivity contribution is 0.272. The first-order valence-corrected chi connectivity index (χ1v) is 13.3. The van der Waals surface area contributed by atoms with Crippen LogP contribution in [0.15, 0.2) is 71.4 Å². The van der Waals surface area contributed by atoms with Crippen LogP contribution in [-0.4, -0.2) is 56.1 Å². The first-order valence-electron chi connectivity index (χ1n) is 13.3. The van der Waals surface area contributed by atoms with E-state index in [1.165, 1.54) is 5.56 Å². The number of pyridine rings is 1. The zero-order valence-corrected chi connectivity index (χ0v) is 24.6. The van der Waals surface area contributed by atoms with Crippen molar-refractivity contribution < 1.29 is 4.74 Å². The molecule has 3 aromatic rings. The van der Waals surface area contributed by atoms with Crippen LogP contribution < -0.4 is 9.33 Å². The molecule has 0 saturated heterocycles. The maximum atomic E-state index is 6.35. The Bertz CT molecular complexity index is 1370. The molecule has 1 aromatic heterocycles. The molecular weight excluding hydrogens is 484 g/mol. The lowest BCUT2D eigenvalue weighted by atomic mass is 9.85. The van der Waals surface area contributed by atoms with Gasteiger partial charge in [0.2, 0.25) is 5.69 Å². The Morgan fingerprint density at radius 1 is 1.00 bits per heavy atom. The van der Waals surface area contributed by atoms with Gasteiger partial charge in [-0.05, 0) is 69.7 Å². The first-order chi connectivity index (χ1) is 18.4. The van der Waals surface area contributed by atoms with Gasteiger partial charge in [0.15, 0.2) is 23.3 Å². The molecular formula is C32H41N6O+. The zero-order valence-electron chi connectivity index (χ0n) is 24.6. The molecule has 39 heavy (non-hydrogen) atoms. The van der Waals surface area contributed by atoms with Crippen LogP contribution in [0.3, 0.4) is 0 Å². The topological polar surface area (TPSA) is 53.3 Å². The zero-order chi connectivity index (χ0) is 28.4. The molecule has 0 fully saturated rings. The number of aromatic nitrogens is 1. The van der Waals surface area contributed by atoms with Gasteiger partial charge in [-0.1, -0.05) is 42.6 Å². The number of hydrogen-bond acceptors (Lipinski definition) is 6. The summed E-state index contributed by atoms with van der Waals surface area (Å²) in [6.07, 6.45) is 5.64. The highest BCUT2D eigenvalue weighted by Crippen LogP contribution is 2.50. The normalized spacial score (nSPS) is 17.3. The second-order valence-corrected chi connectivity index (χ2v) is 11.7. The molecule has 7 nitrogen and oxygen atoms in total. The molecule has 2 radical (unpaired) electrons. The molecule has 1 atom stereocenters. The van der Waals surface area contributed by atoms with Gasteiger partial charge in [0.05, 0.1) is 7.11 Å². The third kappa shape index (κ3) is 6.11. The maximum Gasteiger partial charge on any atom is 0.213 e. The van der Waals surface area contributed by atoms with Gasteiger partial charge in [0.25, 0.3) is 0 Å². The predicted molar refractivity (Wildman–Crippen MR) is 160 cm³/mol. The van der Waals surface area contributed by atoms with Crippen molar-refractivity contribution in [2.24, 2.45) is 10.3 Å². The lowest BCUT2D eigenvalue weighted by Crippen LogP contribution is -2.33. The third-order valence-electron chi connectivity index (χ3n) is 7.11. The number of methoxy groups -OCH3 is 1. The van der Waals surface area contributed by atoms with Gasteiger partial charge in [-0.25, -0.2) is 0 Å². The van der Waals surface area contributed by atoms with Crippen molar-refractivity contribution in [2.75, 3.05) is 41.3 Å². The molecule has 0 bridgehead atoms. The highest BCUT2D eigenvalue weighted by Gasteiger charge is 2.44. The van der Waals surface area contributed by atoms with E-state index in [9.17, 15) is 0 Å². The second-order valence-electron chi connectivity index (χ2n) is 11.7. The summed E-state index contributed by atoms with van der Waals surface area (Å²) in [5, 5.41) is 9.66. The molecule has 0 spiro atoms. The van der Waals surface area contributed by atoms with E-state index in [-0.39, 0.29) is 10.0 Å². The summed E-state index contributed by atoms with van der Waals surface area (Å²) in [6.45, 7) is 17.8. The van der Waals surface area contributed by atoms with Gasteiger partial charge < -0.3 is 14.5 Å². The van der Waals surface area contributed by atoms with Crippen molar-refractivity contribution in [3.8, 4) is 5.75 Å². The summed E-state index contributed by atoms with van der Waals surface area (Å²) in [6, 6.07) is 14.3. The van der Waals surface area contributed by atoms with Gasteiger partial charge in [0.1, 0.15) is 0 Å². The summed E-state index contributed by atoms with van der Waals surface area (Å²) in [5.41, 5.74) is 7.41. The highest BCUT2D eigenvalue weighted by atomic mass is 16.5. The Kier molecular flexibility index (Phi) is 8.35. The number of nitrogens with zero attached hydrogens (tertiary/aromatic N) is 6. The van der Waals surface area contributed by atoms with E-state index < -0.39 is 0 Å². The van der Waals surface area contributed by atoms with E-state index >= 15 is 0 Å². The number of benzene rings is 2. The van der Waals surface area contributed by atoms with E-state index in [2.05, 4.69) is 82.0 Å². The van der Waals surface area contributed by atoms with Crippen molar-refractivity contribution in [3.05, 3.63) is 95.8 Å². The van der Waals surface area contributed by atoms with Crippen LogP contribution >= 0.6 is 0 Å². The van der Waals surface area contributed by atoms with Crippen LogP contribution in [0.2, 0.25) is 0 Å². The highest BCUT2D eigenvalue weighted by molar-refractivity contribution is 5.77. The Morgan fingerprint density at radius 3 is 2.41 bits per heavy atom. The fraction of sp³-hybridized carbons (Fsp3) is 0.375. The molecule has 1 aliphatic rings. The fourth-order valence-electron chi connectivity index (χ4n) is 4.80. The van der Waals surface area contributed by atoms with E-state index in [4.69, 9.17) is 22.0 Å². The average molecular weight is 526 g/mol. The summed E-state index contributed by atoms with van der Waals surface area (Å²) < 4.78 is 6.23. The van der Waals surface area contributed by atoms with E-state index in [1.807, 2.05) is 36.5 Å². The van der Waals surface area contributed by atoms with Crippen molar-refractivity contribution in [1.29, 1.82) is 0 Å². The van der Waals surface area contributed by atoms with Gasteiger partial charge >= 0.3 is 0 Å². The van der Waals surface area contributed by atoms with E-state index in [0.29, 0.717) is 5.56 Å². The molecule has 4 rings (SSSR count). The van der Waals surface area contributed by atoms with Gasteiger partial charge in [0, 0.05) is 66.1 Å². The molecule has 0 N–H and O–H groups in total. The van der Waals surface area contributed by atoms with Crippen molar-refractivity contribution in [2.45, 2.75) is 39.7 Å². The standard InChI is InChI=1S/C32H41N6O/c1-23-12-13-24(2)29(17-23)38(22-28(34-35-38)25-11-10-14-33-20-25)30-19-27(32(3,4)5)18-26(31(30)39-9)21-37(8)16-15-36(6)7/h1,10-14,17-20,22H,15-16,21H2,2-9H3/q+1. The Balaban J connectivity index is 2.00. The molecule has 204 valence electrons. The number of ether oxygens (including phenoxy) is 1. The number of aryl methyl sites for hydroxylation is 1. The molecule has 0 saturated carbocycles. The summed E-state index contributed by atoms with van der Waals surface area (Å²) in [5.74, 6) is 0.796. The van der Waals surface area contributed by atoms with Crippen LogP contribution in [-0.2, 0) is 12.0 Å². The number of rotatable bonds is 9. The smallest absolute Gasteiger partial charge is 0.213 e. The Hall–Kier alpha value is -3.39. The Morgan fingerprint density at radius 2 is 1.77 bits per heavy atom. The molecule has 2 aromatic carbocycles. The van der Waals surface area contributed by atoms with Crippen LogP contribution in [0, 0.1) is 13.8 Å². The van der Waals surface area contributed by atoms with E-state index in [0.717, 1.165) is 59.1 Å². The number of quaternary nitrogens is 1. The fourth-order valence-corrected chi connectivity index (χ4v) is 4.80. The monoisotopic (exact) mass is 525 g/mol. The SMILES string of the molecule is [CH]c1ccc(C)c([N+]2(c3cc(C(C)(C)C)cc(CN(C)CCN(C)C)c3OC)C=C(c3cccnc3)N=N2)c1. The molecule has 0 aliphatic carbocycles. The van der Waals surface area contributed by atoms with Crippen LogP contribution in [0.25, 0.3) is 5.70 Å². The molecule has 2 heterocycles. The third-order valence-corrected chi connectivity index (χ3v) is 7.11. The summed E-state index contributed by atoms with van der Waals surface area (Å²) in [7, 11) is 8.08. The largest absolute Gasteiger partial charge is 0.490 e. The van der Waals surface area contributed by atoms with Crippen molar-refractivity contribution >= 4 is 17.1 Å². The van der Waals surface area contributed by atoms with Crippen molar-refractivity contribution in [1.82, 2.24) is 19.4 Å². The minimum Gasteiger partial charge on any atom is -0.490 e. The van der Waals surface area contributed by atoms with Crippen LogP contribution in [0.1, 0.15) is 48.6 Å². The summed E-state index contributed by atoms with van der Waals surface area (Å²) >= 11 is 0. The number of likely N-dealkylation sites (N-methyl/N-ethyl adjacent to an activating group) is 2. The van der Waals surface area contributed by atoms with E-state index in [1.54, 1.807) is 13.3 Å². The average Bonchev–Trinajstić information content (AvgIpc) is 3.35. The van der Waals surface area contributed by atoms with Crippen LogP contribution in [0.5, 0.6) is 5.75 Å². The van der Waals surface area contributed by atoms with Gasteiger partial charge in [-0.2, -0.15) is 0 Å². The minimum atomic E-state index is -0.0977. The quantitative estimate of drug-likeness (QED) is 0.289. The molecule has 1 aliphatic heterocycles. The number of hydrogen-bond donors (Lipinski definition) is 0. The van der Waals surface area contributed by atoms with Gasteiger partial charge in [-0.15, -0.1) is 0 Å². The predicted octanol–water partition coefficient (Wildman–Crippen LogP) is 6.77. The maximum absolute atomic E-state index is 6.35. The van der Waals surface area contributed by atoms with Gasteiger partial charge in [-0.3, -0.25) is 4.98 Å². The first kappa shape index (κ1) is 28.6. The second kappa shape index (κ2) is 11.4. The summed E-state index contributed by atoms with van der Waals surface area (Å²) in [4.78, 5) is 8.83. The lowest BCUT2D eigenvalue weighted by Gasteiger charge is -2.30. The van der Waals surface area contributed by atoms with Crippen molar-refractivity contribution in [3.63, 3.8) is 0 Å². The molecule has 0 amide bonds. The van der Waals surface area contributed by atoms with Crippen LogP contribution in [0.4, 0.5) is 11.4 Å². The minimum absolute atomic E-state index is 0.0165. The Labute approximate surface area is 234 Å². The molecule has 7 heteroatoms. The molecule has 1 unspecified atom stereocenters.